The molecule has 0 aromatic heterocycles. The molecule has 1 heteroatoms. The highest BCUT2D eigenvalue weighted by molar-refractivity contribution is 6.58. The predicted molar refractivity (Wildman–Crippen MR) is 78.5 cm³/mol. The highest BCUT2D eigenvalue weighted by Gasteiger charge is 2.15. The van der Waals surface area contributed by atoms with Gasteiger partial charge >= 0.3 is 0 Å². The fraction of sp³-hybridized carbons (Fsp3) is 0.600. The third-order valence-electron chi connectivity index (χ3n) is 2.94. The zero-order valence-electron chi connectivity index (χ0n) is 11.4. The van der Waals surface area contributed by atoms with Crippen LogP contribution in [-0.4, -0.2) is 14.1 Å². The Morgan fingerprint density at radius 1 is 0.688 bits per heavy atom. The summed E-state index contributed by atoms with van der Waals surface area (Å²) >= 11 is -0.585. The van der Waals surface area contributed by atoms with E-state index in [9.17, 15) is 0 Å². The van der Waals surface area contributed by atoms with Crippen molar-refractivity contribution in [3.63, 3.8) is 0 Å². The summed E-state index contributed by atoms with van der Waals surface area (Å²) in [5.41, 5.74) is 4.01. The van der Waals surface area contributed by atoms with Gasteiger partial charge in [0.2, 0.25) is 0 Å². The molecule has 0 aromatic carbocycles. The lowest BCUT2D eigenvalue weighted by Crippen LogP contribution is -2.12. The smallest absolute Gasteiger partial charge is 0.100 e. The monoisotopic (exact) mass is 234 g/mol. The van der Waals surface area contributed by atoms with Gasteiger partial charge in [-0.3, -0.25) is 0 Å². The number of hydrogen-bond acceptors (Lipinski definition) is 0. The van der Waals surface area contributed by atoms with E-state index < -0.39 is 14.1 Å². The van der Waals surface area contributed by atoms with E-state index in [4.69, 9.17) is 0 Å². The van der Waals surface area contributed by atoms with Crippen LogP contribution in [0.1, 0.15) is 40.0 Å². The van der Waals surface area contributed by atoms with Gasteiger partial charge in [-0.1, -0.05) is 32.6 Å². The molecule has 0 unspecified atom stereocenters. The van der Waals surface area contributed by atoms with Crippen molar-refractivity contribution in [3.8, 4) is 0 Å². The Morgan fingerprint density at radius 2 is 0.938 bits per heavy atom. The maximum atomic E-state index is 4.00. The third-order valence-corrected chi connectivity index (χ3v) is 6.25. The fourth-order valence-corrected chi connectivity index (χ4v) is 5.35. The van der Waals surface area contributed by atoms with Crippen molar-refractivity contribution in [3.05, 3.63) is 36.5 Å². The van der Waals surface area contributed by atoms with Crippen molar-refractivity contribution in [2.45, 2.75) is 55.9 Å². The van der Waals surface area contributed by atoms with Gasteiger partial charge in [0.15, 0.2) is 0 Å². The average Bonchev–Trinajstić information content (AvgIpc) is 2.15. The molecule has 0 nitrogen and oxygen atoms in total. The molecular weight excluding hydrogens is 207 g/mol. The molecule has 0 spiro atoms. The summed E-state index contributed by atoms with van der Waals surface area (Å²) in [6, 6.07) is 0. The molecule has 0 N–H and O–H groups in total. The summed E-state index contributed by atoms with van der Waals surface area (Å²) < 4.78 is 0. The van der Waals surface area contributed by atoms with Crippen LogP contribution in [-0.2, 0) is 0 Å². The highest BCUT2D eigenvalue weighted by atomic mass is 27.2. The van der Waals surface area contributed by atoms with Crippen LogP contribution in [0.5, 0.6) is 0 Å². The molecule has 0 bridgehead atoms. The predicted octanol–water partition coefficient (Wildman–Crippen LogP) is 5.38. The van der Waals surface area contributed by atoms with E-state index in [1.54, 1.807) is 0 Å². The molecule has 0 atom stereocenters. The van der Waals surface area contributed by atoms with Crippen LogP contribution >= 0.6 is 0 Å². The Balaban J connectivity index is 3.98. The maximum absolute atomic E-state index is 4.00. The molecule has 0 heterocycles. The average molecular weight is 234 g/mol. The Kier molecular flexibility index (Phi) is 8.72. The van der Waals surface area contributed by atoms with Crippen molar-refractivity contribution in [2.75, 3.05) is 0 Å². The van der Waals surface area contributed by atoms with Crippen LogP contribution in [0.25, 0.3) is 0 Å². The second-order valence-corrected chi connectivity index (χ2v) is 8.82. The van der Waals surface area contributed by atoms with Gasteiger partial charge in [-0.05, 0) is 40.0 Å². The Morgan fingerprint density at radius 3 is 1.12 bits per heavy atom. The quantitative estimate of drug-likeness (QED) is 0.371. The number of rotatable bonds is 9. The maximum Gasteiger partial charge on any atom is 0.262 e. The van der Waals surface area contributed by atoms with E-state index >= 15 is 0 Å². The number of allylic oxidation sites excluding steroid dienone is 3. The first-order chi connectivity index (χ1) is 7.41. The molecule has 0 amide bonds. The second-order valence-electron chi connectivity index (χ2n) is 5.35. The largest absolute Gasteiger partial charge is 0.262 e. The molecule has 16 heavy (non-hydrogen) atoms. The molecule has 0 saturated carbocycles. The van der Waals surface area contributed by atoms with Crippen molar-refractivity contribution < 1.29 is 0 Å². The fourth-order valence-electron chi connectivity index (χ4n) is 1.78. The molecule has 0 saturated heterocycles. The summed E-state index contributed by atoms with van der Waals surface area (Å²) in [6.07, 6.45) is 3.68. The van der Waals surface area contributed by atoms with Gasteiger partial charge in [-0.15, -0.1) is 19.7 Å². The summed E-state index contributed by atoms with van der Waals surface area (Å²) in [5.74, 6) is 0. The van der Waals surface area contributed by atoms with Gasteiger partial charge < -0.3 is 0 Å². The molecule has 0 fully saturated rings. The summed E-state index contributed by atoms with van der Waals surface area (Å²) in [5, 5.41) is 4.24. The topological polar surface area (TPSA) is 0 Å². The first kappa shape index (κ1) is 15.8. The number of hydrogen-bond donors (Lipinski definition) is 0. The lowest BCUT2D eigenvalue weighted by atomic mass is 10.3. The molecule has 0 radical (unpaired) electrons. The Hall–Kier alpha value is -0.248. The van der Waals surface area contributed by atoms with Gasteiger partial charge in [0.05, 0.1) is 0 Å². The van der Waals surface area contributed by atoms with Crippen LogP contribution in [0, 0.1) is 0 Å². The highest BCUT2D eigenvalue weighted by Crippen LogP contribution is 2.19. The van der Waals surface area contributed by atoms with Gasteiger partial charge in [0, 0.05) is 0 Å². The molecule has 0 aliphatic heterocycles. The standard InChI is InChI=1S/3C5H9.Al/c3*1-4-5(2)3;/h3*1-2,4H2,3H3;. The van der Waals surface area contributed by atoms with Crippen molar-refractivity contribution in [1.82, 2.24) is 0 Å². The Bertz CT molecular complexity index is 207. The lowest BCUT2D eigenvalue weighted by molar-refractivity contribution is 0.983. The minimum atomic E-state index is -0.585. The molecule has 90 valence electrons. The third kappa shape index (κ3) is 10.3. The molecule has 0 aliphatic rings. The summed E-state index contributed by atoms with van der Waals surface area (Å²) in [7, 11) is 0. The minimum absolute atomic E-state index is 0.585. The molecule has 0 aliphatic carbocycles. The zero-order valence-corrected chi connectivity index (χ0v) is 12.6. The van der Waals surface area contributed by atoms with E-state index in [0.29, 0.717) is 0 Å². The zero-order chi connectivity index (χ0) is 12.6. The minimum Gasteiger partial charge on any atom is -0.100 e. The van der Waals surface area contributed by atoms with Gasteiger partial charge in [0.1, 0.15) is 0 Å². The van der Waals surface area contributed by atoms with Crippen molar-refractivity contribution >= 4 is 14.1 Å². The van der Waals surface area contributed by atoms with Gasteiger partial charge in [-0.25, -0.2) is 0 Å². The van der Waals surface area contributed by atoms with E-state index in [1.807, 2.05) is 0 Å². The van der Waals surface area contributed by atoms with E-state index in [0.717, 1.165) is 0 Å². The van der Waals surface area contributed by atoms with Crippen molar-refractivity contribution in [1.29, 1.82) is 0 Å². The van der Waals surface area contributed by atoms with Crippen LogP contribution in [0.3, 0.4) is 0 Å². The summed E-state index contributed by atoms with van der Waals surface area (Å²) in [6.45, 7) is 18.4. The molecular formula is C15H27Al. The van der Waals surface area contributed by atoms with Gasteiger partial charge in [0.25, 0.3) is 14.1 Å². The molecule has 0 aromatic rings. The first-order valence-corrected chi connectivity index (χ1v) is 8.80. The normalized spacial score (nSPS) is 9.94. The SMILES string of the molecule is C=C(C)C[CH2][Al]([CH2]CC(=C)C)[CH2]CC(=C)C. The summed E-state index contributed by atoms with van der Waals surface area (Å²) in [4.78, 5) is 0. The van der Waals surface area contributed by atoms with E-state index in [1.165, 1.54) is 51.8 Å². The second kappa shape index (κ2) is 8.85. The first-order valence-electron chi connectivity index (χ1n) is 6.35. The van der Waals surface area contributed by atoms with Gasteiger partial charge in [-0.2, -0.15) is 0 Å². The van der Waals surface area contributed by atoms with Crippen LogP contribution in [0.2, 0.25) is 15.8 Å². The van der Waals surface area contributed by atoms with Crippen LogP contribution in [0.15, 0.2) is 36.5 Å². The Labute approximate surface area is 107 Å². The van der Waals surface area contributed by atoms with Crippen LogP contribution in [0.4, 0.5) is 0 Å². The van der Waals surface area contributed by atoms with Crippen LogP contribution < -0.4 is 0 Å². The van der Waals surface area contributed by atoms with E-state index in [2.05, 4.69) is 40.5 Å². The van der Waals surface area contributed by atoms with E-state index in [-0.39, 0.29) is 0 Å². The lowest BCUT2D eigenvalue weighted by Gasteiger charge is -2.12. The molecule has 0 rings (SSSR count). The van der Waals surface area contributed by atoms with Crippen molar-refractivity contribution in [2.24, 2.45) is 0 Å².